The number of carbonyl (C=O) groups excluding carboxylic acids is 3. The first-order chi connectivity index (χ1) is 9.15. The zero-order chi connectivity index (χ0) is 13.7. The number of hydrogen-bond donors (Lipinski definition) is 3. The first-order valence-corrected chi connectivity index (χ1v) is 7.05. The average Bonchev–Trinajstić information content (AvgIpc) is 3.06. The van der Waals surface area contributed by atoms with Crippen LogP contribution in [0.3, 0.4) is 0 Å². The first-order valence-electron chi connectivity index (χ1n) is 7.05. The molecule has 106 valence electrons. The molecule has 0 atom stereocenters. The second kappa shape index (κ2) is 6.54. The quantitative estimate of drug-likeness (QED) is 0.508. The smallest absolute Gasteiger partial charge is 0.327 e. The van der Waals surface area contributed by atoms with Crippen molar-refractivity contribution in [3.63, 3.8) is 0 Å². The van der Waals surface area contributed by atoms with Crippen molar-refractivity contribution in [1.29, 1.82) is 0 Å². The number of hydrazine groups is 1. The fourth-order valence-corrected chi connectivity index (χ4v) is 2.36. The third-order valence-electron chi connectivity index (χ3n) is 3.69. The Labute approximate surface area is 112 Å². The van der Waals surface area contributed by atoms with E-state index in [1.54, 1.807) is 0 Å². The van der Waals surface area contributed by atoms with E-state index < -0.39 is 11.8 Å². The molecular weight excluding hydrogens is 246 g/mol. The van der Waals surface area contributed by atoms with E-state index in [9.17, 15) is 14.4 Å². The average molecular weight is 267 g/mol. The molecule has 0 radical (unpaired) electrons. The topological polar surface area (TPSA) is 87.3 Å². The Kier molecular flexibility index (Phi) is 4.76. The van der Waals surface area contributed by atoms with Crippen LogP contribution in [0.1, 0.15) is 51.4 Å². The van der Waals surface area contributed by atoms with Crippen molar-refractivity contribution in [2.75, 3.05) is 0 Å². The molecule has 19 heavy (non-hydrogen) atoms. The molecule has 0 aromatic rings. The molecule has 0 aromatic carbocycles. The van der Waals surface area contributed by atoms with Gasteiger partial charge in [-0.15, -0.1) is 0 Å². The summed E-state index contributed by atoms with van der Waals surface area (Å²) >= 11 is 0. The lowest BCUT2D eigenvalue weighted by Crippen LogP contribution is -2.49. The number of nitrogens with one attached hydrogen (secondary N) is 3. The molecule has 2 rings (SSSR count). The van der Waals surface area contributed by atoms with E-state index >= 15 is 0 Å². The Morgan fingerprint density at radius 1 is 0.895 bits per heavy atom. The van der Waals surface area contributed by atoms with Gasteiger partial charge in [0.25, 0.3) is 0 Å². The Morgan fingerprint density at radius 3 is 2.21 bits per heavy atom. The van der Waals surface area contributed by atoms with Gasteiger partial charge in [0.2, 0.25) is 5.91 Å². The highest BCUT2D eigenvalue weighted by atomic mass is 16.2. The Hall–Kier alpha value is -1.59. The van der Waals surface area contributed by atoms with Crippen molar-refractivity contribution in [3.8, 4) is 0 Å². The van der Waals surface area contributed by atoms with E-state index in [0.29, 0.717) is 12.3 Å². The summed E-state index contributed by atoms with van der Waals surface area (Å²) < 4.78 is 0. The highest BCUT2D eigenvalue weighted by Crippen LogP contribution is 2.28. The van der Waals surface area contributed by atoms with Crippen molar-refractivity contribution >= 4 is 17.7 Å². The van der Waals surface area contributed by atoms with Gasteiger partial charge in [-0.3, -0.25) is 25.2 Å². The second-order valence-electron chi connectivity index (χ2n) is 5.44. The van der Waals surface area contributed by atoms with Crippen LogP contribution in [0.25, 0.3) is 0 Å². The van der Waals surface area contributed by atoms with Crippen LogP contribution in [0, 0.1) is 5.92 Å². The van der Waals surface area contributed by atoms with Gasteiger partial charge in [-0.1, -0.05) is 25.7 Å². The third kappa shape index (κ3) is 4.89. The van der Waals surface area contributed by atoms with Gasteiger partial charge in [-0.05, 0) is 25.2 Å². The summed E-state index contributed by atoms with van der Waals surface area (Å²) in [6, 6.07) is 0.135. The molecule has 2 saturated carbocycles. The standard InChI is InChI=1S/C13H21N3O3/c17-11(8-5-9-3-1-2-4-9)15-16-13(19)12(18)14-10-6-7-10/h9-10H,1-8H2,(H,14,18)(H,15,17)(H,16,19). The van der Waals surface area contributed by atoms with Gasteiger partial charge in [0, 0.05) is 12.5 Å². The van der Waals surface area contributed by atoms with Crippen LogP contribution >= 0.6 is 0 Å². The Balaban J connectivity index is 1.56. The van der Waals surface area contributed by atoms with E-state index in [0.717, 1.165) is 19.3 Å². The van der Waals surface area contributed by atoms with Gasteiger partial charge in [0.15, 0.2) is 0 Å². The molecule has 2 aliphatic rings. The SMILES string of the molecule is O=C(CCC1CCCC1)NNC(=O)C(=O)NC1CC1. The van der Waals surface area contributed by atoms with Crippen LogP contribution in [-0.2, 0) is 14.4 Å². The molecule has 0 heterocycles. The monoisotopic (exact) mass is 267 g/mol. The van der Waals surface area contributed by atoms with Crippen LogP contribution in [0.15, 0.2) is 0 Å². The molecular formula is C13H21N3O3. The molecule has 6 nitrogen and oxygen atoms in total. The fraction of sp³-hybridized carbons (Fsp3) is 0.769. The number of hydrogen-bond acceptors (Lipinski definition) is 3. The summed E-state index contributed by atoms with van der Waals surface area (Å²) in [6.07, 6.45) is 8.01. The van der Waals surface area contributed by atoms with E-state index in [-0.39, 0.29) is 11.9 Å². The predicted octanol–water partition coefficient (Wildman–Crippen LogP) is 0.383. The molecule has 0 saturated heterocycles. The lowest BCUT2D eigenvalue weighted by Gasteiger charge is -2.10. The van der Waals surface area contributed by atoms with E-state index in [1.165, 1.54) is 25.7 Å². The van der Waals surface area contributed by atoms with Crippen molar-refractivity contribution < 1.29 is 14.4 Å². The van der Waals surface area contributed by atoms with Crippen LogP contribution in [0.4, 0.5) is 0 Å². The molecule has 0 bridgehead atoms. The third-order valence-corrected chi connectivity index (χ3v) is 3.69. The molecule has 2 aliphatic carbocycles. The number of amides is 3. The first kappa shape index (κ1) is 13.8. The summed E-state index contributed by atoms with van der Waals surface area (Å²) in [7, 11) is 0. The summed E-state index contributed by atoms with van der Waals surface area (Å²) in [5.41, 5.74) is 4.42. The molecule has 3 amide bonds. The van der Waals surface area contributed by atoms with Crippen LogP contribution < -0.4 is 16.2 Å². The van der Waals surface area contributed by atoms with E-state index in [4.69, 9.17) is 0 Å². The van der Waals surface area contributed by atoms with Crippen molar-refractivity contribution in [2.45, 2.75) is 57.4 Å². The van der Waals surface area contributed by atoms with Gasteiger partial charge >= 0.3 is 11.8 Å². The minimum atomic E-state index is -0.805. The minimum absolute atomic E-state index is 0.135. The van der Waals surface area contributed by atoms with Gasteiger partial charge < -0.3 is 5.32 Å². The maximum Gasteiger partial charge on any atom is 0.327 e. The second-order valence-corrected chi connectivity index (χ2v) is 5.44. The largest absolute Gasteiger partial charge is 0.345 e. The van der Waals surface area contributed by atoms with Gasteiger partial charge in [0.1, 0.15) is 0 Å². The van der Waals surface area contributed by atoms with Crippen molar-refractivity contribution in [2.24, 2.45) is 5.92 Å². The maximum atomic E-state index is 11.5. The molecule has 0 aromatic heterocycles. The summed E-state index contributed by atoms with van der Waals surface area (Å²) in [6.45, 7) is 0. The summed E-state index contributed by atoms with van der Waals surface area (Å²) in [5, 5.41) is 2.55. The molecule has 2 fully saturated rings. The molecule has 0 spiro atoms. The molecule has 3 N–H and O–H groups in total. The zero-order valence-corrected chi connectivity index (χ0v) is 11.0. The van der Waals surface area contributed by atoms with Crippen molar-refractivity contribution in [1.82, 2.24) is 16.2 Å². The number of carbonyl (C=O) groups is 3. The van der Waals surface area contributed by atoms with E-state index in [2.05, 4.69) is 16.2 Å². The zero-order valence-electron chi connectivity index (χ0n) is 11.0. The lowest BCUT2D eigenvalue weighted by atomic mass is 10.0. The maximum absolute atomic E-state index is 11.5. The van der Waals surface area contributed by atoms with Gasteiger partial charge in [0.05, 0.1) is 0 Å². The van der Waals surface area contributed by atoms with E-state index in [1.807, 2.05) is 0 Å². The van der Waals surface area contributed by atoms with Crippen LogP contribution in [0.2, 0.25) is 0 Å². The van der Waals surface area contributed by atoms with Crippen LogP contribution in [-0.4, -0.2) is 23.8 Å². The minimum Gasteiger partial charge on any atom is -0.345 e. The highest BCUT2D eigenvalue weighted by Gasteiger charge is 2.26. The summed E-state index contributed by atoms with van der Waals surface area (Å²) in [5.74, 6) is -1.08. The van der Waals surface area contributed by atoms with Gasteiger partial charge in [-0.25, -0.2) is 0 Å². The highest BCUT2D eigenvalue weighted by molar-refractivity contribution is 6.35. The Bertz CT molecular complexity index is 360. The van der Waals surface area contributed by atoms with Crippen molar-refractivity contribution in [3.05, 3.63) is 0 Å². The van der Waals surface area contributed by atoms with Crippen LogP contribution in [0.5, 0.6) is 0 Å². The lowest BCUT2D eigenvalue weighted by molar-refractivity contribution is -0.141. The fourth-order valence-electron chi connectivity index (χ4n) is 2.36. The molecule has 0 aliphatic heterocycles. The summed E-state index contributed by atoms with van der Waals surface area (Å²) in [4.78, 5) is 34.1. The van der Waals surface area contributed by atoms with Gasteiger partial charge in [-0.2, -0.15) is 0 Å². The predicted molar refractivity (Wildman–Crippen MR) is 68.6 cm³/mol. The molecule has 6 heteroatoms. The number of rotatable bonds is 4. The normalized spacial score (nSPS) is 18.9. The molecule has 0 unspecified atom stereocenters. The Morgan fingerprint density at radius 2 is 1.58 bits per heavy atom.